The number of sulfone groups is 1. The van der Waals surface area contributed by atoms with Gasteiger partial charge in [0.05, 0.1) is 22.8 Å². The number of hydrogen-bond donors (Lipinski definition) is 2. The Hall–Kier alpha value is -2.79. The maximum atomic E-state index is 13.2. The van der Waals surface area contributed by atoms with Crippen LogP contribution in [0.15, 0.2) is 24.3 Å². The van der Waals surface area contributed by atoms with E-state index in [9.17, 15) is 18.0 Å². The van der Waals surface area contributed by atoms with Crippen LogP contribution in [0.3, 0.4) is 0 Å². The maximum Gasteiger partial charge on any atom is 0.324 e. The lowest BCUT2D eigenvalue weighted by molar-refractivity contribution is 0.0771. The number of carbonyl (C=O) groups excluding carboxylic acids is 2. The first-order valence-electron chi connectivity index (χ1n) is 10.1. The van der Waals surface area contributed by atoms with Crippen LogP contribution in [0.25, 0.3) is 0 Å². The zero-order valence-electron chi connectivity index (χ0n) is 18.1. The molecule has 0 spiro atoms. The van der Waals surface area contributed by atoms with Gasteiger partial charge < -0.3 is 19.7 Å². The number of benzene rings is 1. The van der Waals surface area contributed by atoms with Gasteiger partial charge in [-0.05, 0) is 23.6 Å². The molecular weight excluding hydrogens is 454 g/mol. The molecule has 0 saturated carbocycles. The van der Waals surface area contributed by atoms with E-state index < -0.39 is 15.9 Å². The maximum absolute atomic E-state index is 13.2. The normalized spacial score (nSPS) is 17.2. The van der Waals surface area contributed by atoms with E-state index in [0.29, 0.717) is 27.8 Å². The van der Waals surface area contributed by atoms with E-state index in [0.717, 1.165) is 4.88 Å². The highest BCUT2D eigenvalue weighted by Gasteiger charge is 2.30. The molecule has 1 aromatic carbocycles. The van der Waals surface area contributed by atoms with Crippen LogP contribution >= 0.6 is 11.3 Å². The molecule has 0 atom stereocenters. The lowest BCUT2D eigenvalue weighted by atomic mass is 9.94. The Morgan fingerprint density at radius 1 is 1.09 bits per heavy atom. The summed E-state index contributed by atoms with van der Waals surface area (Å²) in [5, 5.41) is 5.94. The fraction of sp³-hybridized carbons (Fsp3) is 0.429. The lowest BCUT2D eigenvalue weighted by Crippen LogP contribution is -2.43. The summed E-state index contributed by atoms with van der Waals surface area (Å²) >= 11 is 1.33. The molecule has 1 fully saturated rings. The van der Waals surface area contributed by atoms with Gasteiger partial charge in [0.15, 0.2) is 21.3 Å². The first-order valence-corrected chi connectivity index (χ1v) is 12.8. The Labute approximate surface area is 190 Å². The summed E-state index contributed by atoms with van der Waals surface area (Å²) in [4.78, 5) is 28.4. The number of thiophene rings is 1. The number of fused-ring (bicyclic) bond motifs is 1. The number of para-hydroxylation sites is 1. The number of rotatable bonds is 3. The zero-order chi connectivity index (χ0) is 23.1. The molecule has 0 aliphatic carbocycles. The third-order valence-electron chi connectivity index (χ3n) is 5.21. The molecule has 2 aromatic rings. The fourth-order valence-corrected chi connectivity index (χ4v) is 5.69. The van der Waals surface area contributed by atoms with Crippen molar-refractivity contribution in [3.63, 3.8) is 0 Å². The van der Waals surface area contributed by atoms with Gasteiger partial charge in [0.1, 0.15) is 5.00 Å². The summed E-state index contributed by atoms with van der Waals surface area (Å²) in [5.41, 5.74) is 0.582. The summed E-state index contributed by atoms with van der Waals surface area (Å²) in [7, 11) is -3.11. The molecule has 2 aliphatic heterocycles. The quantitative estimate of drug-likeness (QED) is 0.698. The second-order valence-electron chi connectivity index (χ2n) is 8.67. The van der Waals surface area contributed by atoms with Crippen LogP contribution in [0.5, 0.6) is 11.5 Å². The molecule has 2 N–H and O–H groups in total. The molecule has 1 aromatic heterocycles. The average molecular weight is 480 g/mol. The zero-order valence-corrected chi connectivity index (χ0v) is 19.7. The lowest BCUT2D eigenvalue weighted by Gasteiger charge is -2.26. The Balaban J connectivity index is 1.56. The predicted octanol–water partition coefficient (Wildman–Crippen LogP) is 3.29. The molecule has 0 bridgehead atoms. The van der Waals surface area contributed by atoms with E-state index >= 15 is 0 Å². The highest BCUT2D eigenvalue weighted by atomic mass is 32.2. The van der Waals surface area contributed by atoms with Crippen LogP contribution in [-0.2, 0) is 15.3 Å². The van der Waals surface area contributed by atoms with Gasteiger partial charge in [-0.15, -0.1) is 11.3 Å². The second kappa shape index (κ2) is 8.28. The number of anilines is 2. The molecule has 1 saturated heterocycles. The Morgan fingerprint density at radius 2 is 1.81 bits per heavy atom. The summed E-state index contributed by atoms with van der Waals surface area (Å²) in [5.74, 6) is 0.595. The van der Waals surface area contributed by atoms with Crippen molar-refractivity contribution in [1.29, 1.82) is 0 Å². The van der Waals surface area contributed by atoms with Crippen molar-refractivity contribution in [2.45, 2.75) is 26.2 Å². The van der Waals surface area contributed by atoms with Crippen molar-refractivity contribution >= 4 is 43.8 Å². The van der Waals surface area contributed by atoms with Gasteiger partial charge in [-0.25, -0.2) is 13.2 Å². The van der Waals surface area contributed by atoms with E-state index in [1.54, 1.807) is 24.3 Å². The molecule has 0 unspecified atom stereocenters. The fourth-order valence-electron chi connectivity index (χ4n) is 3.38. The van der Waals surface area contributed by atoms with E-state index in [1.807, 2.05) is 20.8 Å². The van der Waals surface area contributed by atoms with Crippen LogP contribution in [0.4, 0.5) is 15.5 Å². The second-order valence-corrected chi connectivity index (χ2v) is 12.0. The number of urea groups is 1. The summed E-state index contributed by atoms with van der Waals surface area (Å²) in [6.07, 6.45) is 0. The number of nitrogens with zero attached hydrogens (tertiary/aromatic N) is 1. The molecular formula is C21H25N3O6S2. The van der Waals surface area contributed by atoms with Gasteiger partial charge >= 0.3 is 6.03 Å². The molecule has 2 aliphatic rings. The molecule has 3 amide bonds. The molecule has 0 radical (unpaired) electrons. The predicted molar refractivity (Wildman–Crippen MR) is 123 cm³/mol. The van der Waals surface area contributed by atoms with E-state index in [1.165, 1.54) is 16.2 Å². The van der Waals surface area contributed by atoms with Crippen molar-refractivity contribution in [1.82, 2.24) is 4.90 Å². The Bertz CT molecular complexity index is 1150. The van der Waals surface area contributed by atoms with Crippen LogP contribution in [-0.4, -0.2) is 56.6 Å². The standard InChI is InChI=1S/C21H25N3O6S2/c1-21(2,3)16-11-13(19(25)24-7-9-32(27,28)10-8-24)18(31-16)23-20(26)22-14-5-4-6-15-17(14)30-12-29-15/h4-6,11H,7-10,12H2,1-3H3,(H2,22,23,26). The van der Waals surface area contributed by atoms with Crippen molar-refractivity contribution in [2.75, 3.05) is 42.0 Å². The highest BCUT2D eigenvalue weighted by molar-refractivity contribution is 7.91. The average Bonchev–Trinajstić information content (AvgIpc) is 3.35. The van der Waals surface area contributed by atoms with Crippen LogP contribution in [0, 0.1) is 0 Å². The van der Waals surface area contributed by atoms with Gasteiger partial charge in [-0.1, -0.05) is 26.8 Å². The van der Waals surface area contributed by atoms with Crippen LogP contribution < -0.4 is 20.1 Å². The third kappa shape index (κ3) is 4.68. The molecule has 3 heterocycles. The van der Waals surface area contributed by atoms with Crippen molar-refractivity contribution in [3.05, 3.63) is 34.7 Å². The topological polar surface area (TPSA) is 114 Å². The number of nitrogens with one attached hydrogen (secondary N) is 2. The summed E-state index contributed by atoms with van der Waals surface area (Å²) in [6.45, 7) is 6.43. The first kappa shape index (κ1) is 22.4. The minimum Gasteiger partial charge on any atom is -0.454 e. The Kier molecular flexibility index (Phi) is 5.80. The van der Waals surface area contributed by atoms with Crippen molar-refractivity contribution < 1.29 is 27.5 Å². The van der Waals surface area contributed by atoms with Gasteiger partial charge in [0, 0.05) is 18.0 Å². The van der Waals surface area contributed by atoms with Crippen molar-refractivity contribution in [3.8, 4) is 11.5 Å². The van der Waals surface area contributed by atoms with E-state index in [2.05, 4.69) is 10.6 Å². The van der Waals surface area contributed by atoms with Crippen LogP contribution in [0.2, 0.25) is 0 Å². The Morgan fingerprint density at radius 3 is 2.50 bits per heavy atom. The summed E-state index contributed by atoms with van der Waals surface area (Å²) in [6, 6.07) is 6.44. The smallest absolute Gasteiger partial charge is 0.324 e. The SMILES string of the molecule is CC(C)(C)c1cc(C(=O)N2CCS(=O)(=O)CC2)c(NC(=O)Nc2cccc3c2OCO3)s1. The third-order valence-corrected chi connectivity index (χ3v) is 8.29. The minimum absolute atomic E-state index is 0.0561. The van der Waals surface area contributed by atoms with Crippen molar-refractivity contribution in [2.24, 2.45) is 0 Å². The highest BCUT2D eigenvalue weighted by Crippen LogP contribution is 2.40. The van der Waals surface area contributed by atoms with Gasteiger partial charge in [0.25, 0.3) is 5.91 Å². The van der Waals surface area contributed by atoms with Gasteiger partial charge in [0.2, 0.25) is 6.79 Å². The number of amides is 3. The largest absolute Gasteiger partial charge is 0.454 e. The van der Waals surface area contributed by atoms with Crippen LogP contribution in [0.1, 0.15) is 36.0 Å². The number of ether oxygens (including phenoxy) is 2. The molecule has 172 valence electrons. The summed E-state index contributed by atoms with van der Waals surface area (Å²) < 4.78 is 34.2. The van der Waals surface area contributed by atoms with Gasteiger partial charge in [-0.2, -0.15) is 0 Å². The number of hydrogen-bond acceptors (Lipinski definition) is 7. The number of carbonyl (C=O) groups is 2. The first-order chi connectivity index (χ1) is 15.0. The molecule has 32 heavy (non-hydrogen) atoms. The molecule has 9 nitrogen and oxygen atoms in total. The molecule has 11 heteroatoms. The van der Waals surface area contributed by atoms with E-state index in [4.69, 9.17) is 9.47 Å². The minimum atomic E-state index is -3.11. The molecule has 4 rings (SSSR count). The monoisotopic (exact) mass is 479 g/mol. The van der Waals surface area contributed by atoms with E-state index in [-0.39, 0.29) is 42.7 Å². The van der Waals surface area contributed by atoms with Gasteiger partial charge in [-0.3, -0.25) is 10.1 Å².